The minimum Gasteiger partial charge on any atom is -0.497 e. The first-order chi connectivity index (χ1) is 13.5. The number of hydrogen-bond acceptors (Lipinski definition) is 4. The summed E-state index contributed by atoms with van der Waals surface area (Å²) in [6.45, 7) is 0. The molecule has 0 radical (unpaired) electrons. The van der Waals surface area contributed by atoms with Crippen molar-refractivity contribution in [3.8, 4) is 16.2 Å². The predicted molar refractivity (Wildman–Crippen MR) is 114 cm³/mol. The number of rotatable bonds is 7. The highest BCUT2D eigenvalue weighted by Crippen LogP contribution is 2.36. The summed E-state index contributed by atoms with van der Waals surface area (Å²) < 4.78 is 6.03. The molecule has 5 nitrogen and oxygen atoms in total. The predicted octanol–water partition coefficient (Wildman–Crippen LogP) is 5.46. The molecule has 3 aromatic rings. The van der Waals surface area contributed by atoms with E-state index >= 15 is 0 Å². The number of thiophene rings is 1. The van der Waals surface area contributed by atoms with Crippen LogP contribution in [0.25, 0.3) is 10.4 Å². The molecule has 3 rings (SSSR count). The molecule has 28 heavy (non-hydrogen) atoms. The molecular formula is C21H18BrNO4S. The molecule has 1 heterocycles. The number of carbonyl (C=O) groups is 2. The number of carbonyl (C=O) groups excluding carboxylic acids is 1. The van der Waals surface area contributed by atoms with Gasteiger partial charge in [0.25, 0.3) is 0 Å². The van der Waals surface area contributed by atoms with Gasteiger partial charge in [-0.25, -0.2) is 4.79 Å². The molecule has 0 fully saturated rings. The second kappa shape index (κ2) is 9.03. The number of anilines is 1. The Kier molecular flexibility index (Phi) is 6.49. The lowest BCUT2D eigenvalue weighted by molar-refractivity contribution is -0.116. The molecule has 0 spiro atoms. The number of amides is 1. The molecular weight excluding hydrogens is 442 g/mol. The Balaban J connectivity index is 1.71. The molecule has 0 atom stereocenters. The second-order valence-electron chi connectivity index (χ2n) is 6.06. The Hall–Kier alpha value is -2.64. The number of aryl methyl sites for hydroxylation is 1. The standard InChI is InChI=1S/C21H18BrNO4S/c1-27-16-9-2-13(3-10-16)4-11-18(24)23-17-12-28-20(19(17)21(25)26)14-5-7-15(22)8-6-14/h2-3,5-10,12H,4,11H2,1H3,(H,23,24)(H,25,26). The highest BCUT2D eigenvalue weighted by atomic mass is 79.9. The van der Waals surface area contributed by atoms with Crippen molar-refractivity contribution in [2.24, 2.45) is 0 Å². The maximum atomic E-state index is 12.3. The Morgan fingerprint density at radius 2 is 1.79 bits per heavy atom. The number of aromatic carboxylic acids is 1. The van der Waals surface area contributed by atoms with Gasteiger partial charge in [-0.15, -0.1) is 11.3 Å². The summed E-state index contributed by atoms with van der Waals surface area (Å²) in [6.07, 6.45) is 0.816. The molecule has 0 saturated carbocycles. The van der Waals surface area contributed by atoms with Crippen molar-refractivity contribution >= 4 is 44.8 Å². The van der Waals surface area contributed by atoms with Crippen molar-refractivity contribution in [3.05, 3.63) is 69.5 Å². The Labute approximate surface area is 175 Å². The quantitative estimate of drug-likeness (QED) is 0.491. The maximum Gasteiger partial charge on any atom is 0.339 e. The van der Waals surface area contributed by atoms with Crippen molar-refractivity contribution in [1.29, 1.82) is 0 Å². The molecule has 1 aromatic heterocycles. The zero-order valence-electron chi connectivity index (χ0n) is 15.1. The zero-order valence-corrected chi connectivity index (χ0v) is 17.5. The van der Waals surface area contributed by atoms with E-state index in [1.54, 1.807) is 12.5 Å². The fourth-order valence-electron chi connectivity index (χ4n) is 2.74. The number of halogens is 1. The van der Waals surface area contributed by atoms with Gasteiger partial charge in [0.05, 0.1) is 17.7 Å². The van der Waals surface area contributed by atoms with Gasteiger partial charge >= 0.3 is 5.97 Å². The van der Waals surface area contributed by atoms with Crippen LogP contribution < -0.4 is 10.1 Å². The summed E-state index contributed by atoms with van der Waals surface area (Å²) in [7, 11) is 1.60. The third kappa shape index (κ3) is 4.79. The highest BCUT2D eigenvalue weighted by molar-refractivity contribution is 9.10. The molecule has 2 N–H and O–H groups in total. The van der Waals surface area contributed by atoms with E-state index in [0.29, 0.717) is 17.0 Å². The van der Waals surface area contributed by atoms with Crippen molar-refractivity contribution in [2.75, 3.05) is 12.4 Å². The molecule has 0 unspecified atom stereocenters. The number of methoxy groups -OCH3 is 1. The summed E-state index contributed by atoms with van der Waals surface area (Å²) >= 11 is 4.67. The number of nitrogens with one attached hydrogen (secondary N) is 1. The van der Waals surface area contributed by atoms with E-state index in [2.05, 4.69) is 21.2 Å². The van der Waals surface area contributed by atoms with Crippen LogP contribution in [0.1, 0.15) is 22.3 Å². The topological polar surface area (TPSA) is 75.6 Å². The Morgan fingerprint density at radius 3 is 2.39 bits per heavy atom. The van der Waals surface area contributed by atoms with Crippen LogP contribution in [0.2, 0.25) is 0 Å². The van der Waals surface area contributed by atoms with Crippen molar-refractivity contribution in [1.82, 2.24) is 0 Å². The fourth-order valence-corrected chi connectivity index (χ4v) is 4.00. The Bertz CT molecular complexity index is 981. The average molecular weight is 460 g/mol. The van der Waals surface area contributed by atoms with Crippen LogP contribution in [0.5, 0.6) is 5.75 Å². The fraction of sp³-hybridized carbons (Fsp3) is 0.143. The second-order valence-corrected chi connectivity index (χ2v) is 7.86. The van der Waals surface area contributed by atoms with Crippen LogP contribution in [-0.2, 0) is 11.2 Å². The molecule has 0 aliphatic heterocycles. The van der Waals surface area contributed by atoms with E-state index in [0.717, 1.165) is 21.3 Å². The molecule has 7 heteroatoms. The van der Waals surface area contributed by atoms with Crippen molar-refractivity contribution in [2.45, 2.75) is 12.8 Å². The normalized spacial score (nSPS) is 10.5. The minimum absolute atomic E-state index is 0.116. The van der Waals surface area contributed by atoms with Gasteiger partial charge in [0.15, 0.2) is 0 Å². The van der Waals surface area contributed by atoms with Crippen LogP contribution in [0.15, 0.2) is 58.4 Å². The molecule has 0 aliphatic carbocycles. The van der Waals surface area contributed by atoms with Gasteiger partial charge in [0.2, 0.25) is 5.91 Å². The highest BCUT2D eigenvalue weighted by Gasteiger charge is 2.21. The maximum absolute atomic E-state index is 12.3. The van der Waals surface area contributed by atoms with Gasteiger partial charge in [-0.3, -0.25) is 4.79 Å². The van der Waals surface area contributed by atoms with Crippen molar-refractivity contribution in [3.63, 3.8) is 0 Å². The summed E-state index contributed by atoms with van der Waals surface area (Å²) in [6, 6.07) is 14.9. The number of carboxylic acid groups (broad SMARTS) is 1. The Morgan fingerprint density at radius 1 is 1.11 bits per heavy atom. The molecule has 0 saturated heterocycles. The van der Waals surface area contributed by atoms with Crippen LogP contribution in [-0.4, -0.2) is 24.1 Å². The number of ether oxygens (including phenoxy) is 1. The summed E-state index contributed by atoms with van der Waals surface area (Å²) in [5.74, 6) is -0.527. The minimum atomic E-state index is -1.07. The average Bonchev–Trinajstić information content (AvgIpc) is 3.11. The summed E-state index contributed by atoms with van der Waals surface area (Å²) in [5, 5.41) is 14.1. The third-order valence-corrected chi connectivity index (χ3v) is 5.74. The van der Waals surface area contributed by atoms with E-state index in [-0.39, 0.29) is 17.9 Å². The largest absolute Gasteiger partial charge is 0.497 e. The molecule has 2 aromatic carbocycles. The lowest BCUT2D eigenvalue weighted by Crippen LogP contribution is -2.14. The lowest BCUT2D eigenvalue weighted by atomic mass is 10.1. The zero-order chi connectivity index (χ0) is 20.1. The van der Waals surface area contributed by atoms with E-state index in [1.165, 1.54) is 11.3 Å². The SMILES string of the molecule is COc1ccc(CCC(=O)Nc2csc(-c3ccc(Br)cc3)c2C(=O)O)cc1. The van der Waals surface area contributed by atoms with E-state index in [1.807, 2.05) is 48.5 Å². The first kappa shape index (κ1) is 20.1. The third-order valence-electron chi connectivity index (χ3n) is 4.19. The van der Waals surface area contributed by atoms with Gasteiger partial charge < -0.3 is 15.2 Å². The van der Waals surface area contributed by atoms with Gasteiger partial charge in [0, 0.05) is 16.3 Å². The molecule has 1 amide bonds. The van der Waals surface area contributed by atoms with E-state index in [4.69, 9.17) is 4.74 Å². The van der Waals surface area contributed by atoms with Crippen LogP contribution in [0.3, 0.4) is 0 Å². The van der Waals surface area contributed by atoms with Gasteiger partial charge in [0.1, 0.15) is 11.3 Å². The summed E-state index contributed by atoms with van der Waals surface area (Å²) in [4.78, 5) is 24.8. The number of benzene rings is 2. The first-order valence-electron chi connectivity index (χ1n) is 8.51. The smallest absolute Gasteiger partial charge is 0.339 e. The van der Waals surface area contributed by atoms with E-state index in [9.17, 15) is 14.7 Å². The van der Waals surface area contributed by atoms with Gasteiger partial charge in [-0.05, 0) is 41.8 Å². The van der Waals surface area contributed by atoms with Gasteiger partial charge in [-0.1, -0.05) is 40.2 Å². The molecule has 0 aliphatic rings. The monoisotopic (exact) mass is 459 g/mol. The van der Waals surface area contributed by atoms with Crippen LogP contribution >= 0.6 is 27.3 Å². The lowest BCUT2D eigenvalue weighted by Gasteiger charge is -2.07. The summed E-state index contributed by atoms with van der Waals surface area (Å²) in [5.41, 5.74) is 2.25. The van der Waals surface area contributed by atoms with Crippen molar-refractivity contribution < 1.29 is 19.4 Å². The number of carboxylic acids is 1. The van der Waals surface area contributed by atoms with Crippen LogP contribution in [0, 0.1) is 0 Å². The van der Waals surface area contributed by atoms with Crippen LogP contribution in [0.4, 0.5) is 5.69 Å². The van der Waals surface area contributed by atoms with E-state index < -0.39 is 5.97 Å². The number of hydrogen-bond donors (Lipinski definition) is 2. The van der Waals surface area contributed by atoms with Gasteiger partial charge in [-0.2, -0.15) is 0 Å². The first-order valence-corrected chi connectivity index (χ1v) is 10.2. The molecule has 0 bridgehead atoms. The molecule has 144 valence electrons.